The van der Waals surface area contributed by atoms with Crippen molar-refractivity contribution in [3.05, 3.63) is 0 Å². The van der Waals surface area contributed by atoms with Gasteiger partial charge in [-0.25, -0.2) is 0 Å². The molecule has 1 rings (SSSR count). The Morgan fingerprint density at radius 2 is 2.50 bits per heavy atom. The molecular weight excluding hydrogens is 156 g/mol. The lowest BCUT2D eigenvalue weighted by Crippen LogP contribution is -2.36. The van der Waals surface area contributed by atoms with Gasteiger partial charge in [0.05, 0.1) is 6.10 Å². The number of ether oxygens (including phenoxy) is 1. The van der Waals surface area contributed by atoms with Crippen LogP contribution in [-0.2, 0) is 9.53 Å². The van der Waals surface area contributed by atoms with Crippen molar-refractivity contribution in [1.29, 1.82) is 0 Å². The summed E-state index contributed by atoms with van der Waals surface area (Å²) >= 11 is 0. The van der Waals surface area contributed by atoms with Gasteiger partial charge in [-0.1, -0.05) is 0 Å². The second kappa shape index (κ2) is 4.42. The van der Waals surface area contributed by atoms with Gasteiger partial charge in [-0.3, -0.25) is 4.79 Å². The highest BCUT2D eigenvalue weighted by molar-refractivity contribution is 5.73. The average molecular weight is 172 g/mol. The van der Waals surface area contributed by atoms with Gasteiger partial charge in [0.2, 0.25) is 5.91 Å². The molecule has 1 fully saturated rings. The fourth-order valence-corrected chi connectivity index (χ4v) is 1.38. The quantitative estimate of drug-likeness (QED) is 0.608. The number of carbonyl (C=O) groups excluding carboxylic acids is 1. The van der Waals surface area contributed by atoms with E-state index >= 15 is 0 Å². The number of hydrogen-bond donors (Lipinski definition) is 2. The Morgan fingerprint density at radius 1 is 1.75 bits per heavy atom. The molecule has 0 aliphatic carbocycles. The number of nitrogens with two attached hydrogens (primary N) is 1. The van der Waals surface area contributed by atoms with Crippen molar-refractivity contribution in [2.24, 2.45) is 5.73 Å². The SMILES string of the molecule is CC1OCCC1NCCC(N)=O. The van der Waals surface area contributed by atoms with E-state index in [1.807, 2.05) is 6.92 Å². The molecular formula is C8H16N2O2. The largest absolute Gasteiger partial charge is 0.377 e. The van der Waals surface area contributed by atoms with Crippen LogP contribution < -0.4 is 11.1 Å². The molecule has 1 aliphatic rings. The van der Waals surface area contributed by atoms with Crippen molar-refractivity contribution < 1.29 is 9.53 Å². The van der Waals surface area contributed by atoms with Crippen LogP contribution in [0.4, 0.5) is 0 Å². The molecule has 1 heterocycles. The van der Waals surface area contributed by atoms with E-state index in [-0.39, 0.29) is 12.0 Å². The molecule has 1 amide bonds. The maximum atomic E-state index is 10.4. The normalized spacial score (nSPS) is 29.1. The summed E-state index contributed by atoms with van der Waals surface area (Å²) in [5, 5.41) is 3.24. The lowest BCUT2D eigenvalue weighted by molar-refractivity contribution is -0.117. The van der Waals surface area contributed by atoms with Crippen molar-refractivity contribution in [2.45, 2.75) is 31.9 Å². The van der Waals surface area contributed by atoms with Gasteiger partial charge >= 0.3 is 0 Å². The fourth-order valence-electron chi connectivity index (χ4n) is 1.38. The molecule has 70 valence electrons. The summed E-state index contributed by atoms with van der Waals surface area (Å²) in [5.41, 5.74) is 5.00. The summed E-state index contributed by atoms with van der Waals surface area (Å²) in [6.45, 7) is 3.51. The van der Waals surface area contributed by atoms with E-state index in [0.29, 0.717) is 19.0 Å². The Kier molecular flexibility index (Phi) is 3.49. The second-order valence-electron chi connectivity index (χ2n) is 3.14. The maximum absolute atomic E-state index is 10.4. The first-order valence-electron chi connectivity index (χ1n) is 4.33. The molecule has 3 N–H and O–H groups in total. The Morgan fingerprint density at radius 3 is 3.00 bits per heavy atom. The summed E-state index contributed by atoms with van der Waals surface area (Å²) in [7, 11) is 0. The van der Waals surface area contributed by atoms with Crippen LogP contribution in [0.2, 0.25) is 0 Å². The molecule has 4 nitrogen and oxygen atoms in total. The smallest absolute Gasteiger partial charge is 0.218 e. The third-order valence-corrected chi connectivity index (χ3v) is 2.15. The third kappa shape index (κ3) is 2.79. The minimum atomic E-state index is -0.255. The number of primary amides is 1. The van der Waals surface area contributed by atoms with Crippen LogP contribution in [0.5, 0.6) is 0 Å². The highest BCUT2D eigenvalue weighted by atomic mass is 16.5. The predicted molar refractivity (Wildman–Crippen MR) is 45.6 cm³/mol. The van der Waals surface area contributed by atoms with Crippen molar-refractivity contribution >= 4 is 5.91 Å². The standard InChI is InChI=1S/C8H16N2O2/c1-6-7(3-5-12-6)10-4-2-8(9)11/h6-7,10H,2-5H2,1H3,(H2,9,11). The van der Waals surface area contributed by atoms with Crippen LogP contribution in [0, 0.1) is 0 Å². The monoisotopic (exact) mass is 172 g/mol. The van der Waals surface area contributed by atoms with E-state index in [0.717, 1.165) is 13.0 Å². The number of nitrogens with one attached hydrogen (secondary N) is 1. The van der Waals surface area contributed by atoms with E-state index in [9.17, 15) is 4.79 Å². The number of hydrogen-bond acceptors (Lipinski definition) is 3. The highest BCUT2D eigenvalue weighted by Gasteiger charge is 2.22. The molecule has 1 saturated heterocycles. The van der Waals surface area contributed by atoms with Crippen molar-refractivity contribution in [2.75, 3.05) is 13.2 Å². The minimum Gasteiger partial charge on any atom is -0.377 e. The van der Waals surface area contributed by atoms with Gasteiger partial charge < -0.3 is 15.8 Å². The van der Waals surface area contributed by atoms with Crippen molar-refractivity contribution in [3.63, 3.8) is 0 Å². The van der Waals surface area contributed by atoms with Crippen LogP contribution in [-0.4, -0.2) is 31.2 Å². The first-order valence-corrected chi connectivity index (χ1v) is 4.33. The van der Waals surface area contributed by atoms with Crippen LogP contribution in [0.15, 0.2) is 0 Å². The third-order valence-electron chi connectivity index (χ3n) is 2.15. The van der Waals surface area contributed by atoms with Crippen molar-refractivity contribution in [3.8, 4) is 0 Å². The zero-order chi connectivity index (χ0) is 8.97. The molecule has 0 aromatic carbocycles. The summed E-state index contributed by atoms with van der Waals surface area (Å²) in [6, 6.07) is 0.393. The summed E-state index contributed by atoms with van der Waals surface area (Å²) in [4.78, 5) is 10.4. The van der Waals surface area contributed by atoms with Gasteiger partial charge in [0.25, 0.3) is 0 Å². The first kappa shape index (κ1) is 9.48. The molecule has 0 aromatic rings. The summed E-state index contributed by atoms with van der Waals surface area (Å²) < 4.78 is 5.34. The van der Waals surface area contributed by atoms with Crippen LogP contribution in [0.25, 0.3) is 0 Å². The Hall–Kier alpha value is -0.610. The molecule has 1 aliphatic heterocycles. The Balaban J connectivity index is 2.10. The van der Waals surface area contributed by atoms with E-state index < -0.39 is 0 Å². The van der Waals surface area contributed by atoms with Gasteiger partial charge in [0.1, 0.15) is 0 Å². The lowest BCUT2D eigenvalue weighted by atomic mass is 10.1. The van der Waals surface area contributed by atoms with Gasteiger partial charge in [0, 0.05) is 25.6 Å². The van der Waals surface area contributed by atoms with E-state index in [4.69, 9.17) is 10.5 Å². The zero-order valence-corrected chi connectivity index (χ0v) is 7.38. The zero-order valence-electron chi connectivity index (χ0n) is 7.38. The molecule has 0 saturated carbocycles. The second-order valence-corrected chi connectivity index (χ2v) is 3.14. The molecule has 0 aromatic heterocycles. The Labute approximate surface area is 72.5 Å². The minimum absolute atomic E-state index is 0.255. The summed E-state index contributed by atoms with van der Waals surface area (Å²) in [6.07, 6.45) is 1.70. The van der Waals surface area contributed by atoms with Gasteiger partial charge in [-0.05, 0) is 13.3 Å². The van der Waals surface area contributed by atoms with E-state index in [1.54, 1.807) is 0 Å². The topological polar surface area (TPSA) is 64.3 Å². The molecule has 12 heavy (non-hydrogen) atoms. The molecule has 0 spiro atoms. The average Bonchev–Trinajstić information content (AvgIpc) is 2.36. The van der Waals surface area contributed by atoms with Crippen LogP contribution in [0.1, 0.15) is 19.8 Å². The number of carbonyl (C=O) groups is 1. The van der Waals surface area contributed by atoms with Crippen LogP contribution in [0.3, 0.4) is 0 Å². The number of amides is 1. The van der Waals surface area contributed by atoms with Crippen LogP contribution >= 0.6 is 0 Å². The lowest BCUT2D eigenvalue weighted by Gasteiger charge is -2.14. The van der Waals surface area contributed by atoms with Crippen molar-refractivity contribution in [1.82, 2.24) is 5.32 Å². The summed E-state index contributed by atoms with van der Waals surface area (Å²) in [5.74, 6) is -0.255. The fraction of sp³-hybridized carbons (Fsp3) is 0.875. The predicted octanol–water partition coefficient (Wildman–Crippen LogP) is -0.371. The first-order chi connectivity index (χ1) is 5.70. The molecule has 0 radical (unpaired) electrons. The van der Waals surface area contributed by atoms with E-state index in [1.165, 1.54) is 0 Å². The van der Waals surface area contributed by atoms with Gasteiger partial charge in [0.15, 0.2) is 0 Å². The molecule has 4 heteroatoms. The molecule has 2 unspecified atom stereocenters. The van der Waals surface area contributed by atoms with Gasteiger partial charge in [-0.2, -0.15) is 0 Å². The maximum Gasteiger partial charge on any atom is 0.218 e. The molecule has 2 atom stereocenters. The highest BCUT2D eigenvalue weighted by Crippen LogP contribution is 2.11. The van der Waals surface area contributed by atoms with E-state index in [2.05, 4.69) is 5.32 Å². The Bertz CT molecular complexity index is 161. The molecule has 0 bridgehead atoms. The van der Waals surface area contributed by atoms with Gasteiger partial charge in [-0.15, -0.1) is 0 Å². The number of rotatable bonds is 4.